The van der Waals surface area contributed by atoms with Gasteiger partial charge in [0.2, 0.25) is 5.91 Å². The number of benzene rings is 2. The highest BCUT2D eigenvalue weighted by Gasteiger charge is 2.12. The molecule has 162 valence electrons. The molecule has 3 N–H and O–H groups in total. The maximum absolute atomic E-state index is 13.3. The lowest BCUT2D eigenvalue weighted by Crippen LogP contribution is -2.33. The van der Waals surface area contributed by atoms with Crippen molar-refractivity contribution in [1.82, 2.24) is 10.6 Å². The Morgan fingerprint density at radius 3 is 2.47 bits per heavy atom. The molecule has 2 rings (SSSR count). The van der Waals surface area contributed by atoms with Gasteiger partial charge < -0.3 is 25.2 Å². The molecule has 2 aromatic carbocycles. The monoisotopic (exact) mass is 438 g/mol. The first-order chi connectivity index (χ1) is 14.4. The van der Waals surface area contributed by atoms with Crippen LogP contribution in [-0.4, -0.2) is 43.3 Å². The summed E-state index contributed by atoms with van der Waals surface area (Å²) in [5.74, 6) is -0.448. The fourth-order valence-corrected chi connectivity index (χ4v) is 2.59. The molecule has 0 aliphatic rings. The number of aliphatic hydroxyl groups excluding tert-OH is 1. The zero-order chi connectivity index (χ0) is 21.9. The number of methoxy groups -OCH3 is 1. The molecule has 0 spiro atoms. The second kappa shape index (κ2) is 12.0. The van der Waals surface area contributed by atoms with Gasteiger partial charge >= 0.3 is 0 Å². The van der Waals surface area contributed by atoms with Gasteiger partial charge in [-0.1, -0.05) is 23.7 Å². The molecule has 0 saturated carbocycles. The van der Waals surface area contributed by atoms with Crippen molar-refractivity contribution in [3.05, 3.63) is 58.9 Å². The second-order valence-electron chi connectivity index (χ2n) is 6.49. The van der Waals surface area contributed by atoms with Crippen LogP contribution in [0.25, 0.3) is 0 Å². The number of halogens is 2. The fraction of sp³-hybridized carbons (Fsp3) is 0.333. The summed E-state index contributed by atoms with van der Waals surface area (Å²) in [5.41, 5.74) is 0.909. The molecule has 2 aromatic rings. The van der Waals surface area contributed by atoms with E-state index < -0.39 is 17.8 Å². The van der Waals surface area contributed by atoms with Crippen molar-refractivity contribution >= 4 is 23.4 Å². The SMILES string of the molecule is COc1ccc(CNC(=O)CC(O)CCNC(=O)COc2ccc(Cl)c(F)c2)cc1. The minimum atomic E-state index is -0.896. The molecule has 0 aliphatic carbocycles. The van der Waals surface area contributed by atoms with Gasteiger partial charge in [-0.3, -0.25) is 9.59 Å². The van der Waals surface area contributed by atoms with Crippen molar-refractivity contribution in [1.29, 1.82) is 0 Å². The molecule has 0 heterocycles. The van der Waals surface area contributed by atoms with Gasteiger partial charge in [-0.15, -0.1) is 0 Å². The molecule has 1 atom stereocenters. The van der Waals surface area contributed by atoms with Crippen LogP contribution in [0.15, 0.2) is 42.5 Å². The van der Waals surface area contributed by atoms with Crippen LogP contribution in [0.4, 0.5) is 4.39 Å². The summed E-state index contributed by atoms with van der Waals surface area (Å²) in [5, 5.41) is 15.2. The molecule has 0 radical (unpaired) electrons. The number of ether oxygens (including phenoxy) is 2. The van der Waals surface area contributed by atoms with Crippen LogP contribution in [0.2, 0.25) is 5.02 Å². The number of nitrogens with one attached hydrogen (secondary N) is 2. The fourth-order valence-electron chi connectivity index (χ4n) is 2.48. The van der Waals surface area contributed by atoms with Crippen molar-refractivity contribution in [3.8, 4) is 11.5 Å². The molecule has 0 saturated heterocycles. The van der Waals surface area contributed by atoms with Crippen molar-refractivity contribution in [3.63, 3.8) is 0 Å². The highest BCUT2D eigenvalue weighted by molar-refractivity contribution is 6.30. The Morgan fingerprint density at radius 1 is 1.10 bits per heavy atom. The minimum absolute atomic E-state index is 0.0335. The average molecular weight is 439 g/mol. The number of hydrogen-bond donors (Lipinski definition) is 3. The third kappa shape index (κ3) is 8.26. The lowest BCUT2D eigenvalue weighted by Gasteiger charge is -2.12. The second-order valence-corrected chi connectivity index (χ2v) is 6.89. The van der Waals surface area contributed by atoms with Crippen molar-refractivity contribution in [2.45, 2.75) is 25.5 Å². The van der Waals surface area contributed by atoms with E-state index in [4.69, 9.17) is 21.1 Å². The van der Waals surface area contributed by atoms with E-state index in [1.165, 1.54) is 12.1 Å². The average Bonchev–Trinajstić information content (AvgIpc) is 2.73. The van der Waals surface area contributed by atoms with E-state index >= 15 is 0 Å². The van der Waals surface area contributed by atoms with Gasteiger partial charge in [-0.2, -0.15) is 0 Å². The molecule has 9 heteroatoms. The first-order valence-electron chi connectivity index (χ1n) is 9.29. The van der Waals surface area contributed by atoms with Gasteiger partial charge in [0.25, 0.3) is 5.91 Å². The third-order valence-corrected chi connectivity index (χ3v) is 4.44. The van der Waals surface area contributed by atoms with Gasteiger partial charge in [0.15, 0.2) is 6.61 Å². The summed E-state index contributed by atoms with van der Waals surface area (Å²) in [4.78, 5) is 23.7. The van der Waals surface area contributed by atoms with E-state index in [0.29, 0.717) is 6.54 Å². The van der Waals surface area contributed by atoms with Crippen LogP contribution in [0.1, 0.15) is 18.4 Å². The van der Waals surface area contributed by atoms with Crippen LogP contribution >= 0.6 is 11.6 Å². The van der Waals surface area contributed by atoms with Crippen molar-refractivity contribution < 1.29 is 28.6 Å². The number of rotatable bonds is 11. The van der Waals surface area contributed by atoms with Crippen LogP contribution in [0, 0.1) is 5.82 Å². The van der Waals surface area contributed by atoms with E-state index in [9.17, 15) is 19.1 Å². The van der Waals surface area contributed by atoms with Gasteiger partial charge in [0.05, 0.1) is 24.7 Å². The van der Waals surface area contributed by atoms with E-state index in [1.807, 2.05) is 12.1 Å². The van der Waals surface area contributed by atoms with Gasteiger partial charge in [-0.05, 0) is 36.2 Å². The summed E-state index contributed by atoms with van der Waals surface area (Å²) < 4.78 is 23.5. The first kappa shape index (κ1) is 23.4. The summed E-state index contributed by atoms with van der Waals surface area (Å²) in [7, 11) is 1.58. The van der Waals surface area contributed by atoms with Crippen molar-refractivity contribution in [2.75, 3.05) is 20.3 Å². The predicted octanol–water partition coefficient (Wildman–Crippen LogP) is 2.44. The molecule has 0 aliphatic heterocycles. The zero-order valence-corrected chi connectivity index (χ0v) is 17.2. The first-order valence-corrected chi connectivity index (χ1v) is 9.67. The summed E-state index contributed by atoms with van der Waals surface area (Å²) in [6.07, 6.45) is -0.767. The van der Waals surface area contributed by atoms with E-state index in [0.717, 1.165) is 17.4 Å². The Kier molecular flexibility index (Phi) is 9.37. The van der Waals surface area contributed by atoms with Gasteiger partial charge in [0.1, 0.15) is 17.3 Å². The standard InChI is InChI=1S/C21H24ClFN2O5/c1-29-16-4-2-14(3-5-16)12-25-20(27)10-15(26)8-9-24-21(28)13-30-17-6-7-18(22)19(23)11-17/h2-7,11,15,26H,8-10,12-13H2,1H3,(H,24,28)(H,25,27). The van der Waals surface area contributed by atoms with E-state index in [-0.39, 0.29) is 42.7 Å². The Bertz CT molecular complexity index is 848. The summed E-state index contributed by atoms with van der Waals surface area (Å²) in [6.45, 7) is 0.207. The van der Waals surface area contributed by atoms with Crippen LogP contribution < -0.4 is 20.1 Å². The predicted molar refractivity (Wildman–Crippen MR) is 110 cm³/mol. The van der Waals surface area contributed by atoms with Crippen molar-refractivity contribution in [2.24, 2.45) is 0 Å². The molecular weight excluding hydrogens is 415 g/mol. The molecule has 1 unspecified atom stereocenters. The number of hydrogen-bond acceptors (Lipinski definition) is 5. The summed E-state index contributed by atoms with van der Waals surface area (Å²) in [6, 6.07) is 11.1. The topological polar surface area (TPSA) is 96.9 Å². The van der Waals surface area contributed by atoms with Gasteiger partial charge in [0, 0.05) is 19.2 Å². The smallest absolute Gasteiger partial charge is 0.257 e. The molecule has 0 fully saturated rings. The number of carbonyl (C=O) groups excluding carboxylic acids is 2. The molecule has 30 heavy (non-hydrogen) atoms. The molecule has 0 bridgehead atoms. The van der Waals surface area contributed by atoms with Crippen LogP contribution in [-0.2, 0) is 16.1 Å². The lowest BCUT2D eigenvalue weighted by atomic mass is 10.1. The third-order valence-electron chi connectivity index (χ3n) is 4.13. The maximum Gasteiger partial charge on any atom is 0.257 e. The molecule has 2 amide bonds. The molecule has 0 aromatic heterocycles. The quantitative estimate of drug-likeness (QED) is 0.500. The Balaban J connectivity index is 1.60. The Morgan fingerprint density at radius 2 is 1.80 bits per heavy atom. The highest BCUT2D eigenvalue weighted by atomic mass is 35.5. The number of aliphatic hydroxyl groups is 1. The van der Waals surface area contributed by atoms with Gasteiger partial charge in [-0.25, -0.2) is 4.39 Å². The van der Waals surface area contributed by atoms with E-state index in [1.54, 1.807) is 19.2 Å². The maximum atomic E-state index is 13.3. The largest absolute Gasteiger partial charge is 0.497 e. The Hall–Kier alpha value is -2.84. The zero-order valence-electron chi connectivity index (χ0n) is 16.5. The number of amides is 2. The Labute approximate surface area is 179 Å². The normalized spacial score (nSPS) is 11.5. The van der Waals surface area contributed by atoms with Crippen LogP contribution in [0.5, 0.6) is 11.5 Å². The lowest BCUT2D eigenvalue weighted by molar-refractivity contribution is -0.123. The highest BCUT2D eigenvalue weighted by Crippen LogP contribution is 2.20. The number of carbonyl (C=O) groups is 2. The van der Waals surface area contributed by atoms with E-state index in [2.05, 4.69) is 10.6 Å². The minimum Gasteiger partial charge on any atom is -0.497 e. The summed E-state index contributed by atoms with van der Waals surface area (Å²) >= 11 is 5.57. The van der Waals surface area contributed by atoms with Crippen LogP contribution in [0.3, 0.4) is 0 Å². The molecular formula is C21H24ClFN2O5. The molecule has 7 nitrogen and oxygen atoms in total.